The van der Waals surface area contributed by atoms with Crippen LogP contribution in [0.25, 0.3) is 5.69 Å². The topological polar surface area (TPSA) is 65.4 Å². The van der Waals surface area contributed by atoms with Gasteiger partial charge in [0.1, 0.15) is 18.4 Å². The second kappa shape index (κ2) is 9.89. The number of benzene rings is 1. The van der Waals surface area contributed by atoms with Crippen LogP contribution in [0.4, 0.5) is 0 Å². The van der Waals surface area contributed by atoms with Crippen molar-refractivity contribution in [3.8, 4) is 11.6 Å². The number of ether oxygens (including phenoxy) is 2. The van der Waals surface area contributed by atoms with Gasteiger partial charge in [-0.15, -0.1) is 0 Å². The molecule has 0 fully saturated rings. The summed E-state index contributed by atoms with van der Waals surface area (Å²) in [5.41, 5.74) is 2.40. The smallest absolute Gasteiger partial charge is 0.338 e. The third-order valence-electron chi connectivity index (χ3n) is 4.29. The minimum atomic E-state index is -0.453. The van der Waals surface area contributed by atoms with Crippen LogP contribution >= 0.6 is 0 Å². The number of aromatic nitrogens is 2. The minimum absolute atomic E-state index is 0.197. The van der Waals surface area contributed by atoms with Gasteiger partial charge in [-0.2, -0.15) is 0 Å². The fourth-order valence-corrected chi connectivity index (χ4v) is 2.80. The van der Waals surface area contributed by atoms with Crippen LogP contribution in [0.3, 0.4) is 0 Å². The van der Waals surface area contributed by atoms with Crippen molar-refractivity contribution in [1.82, 2.24) is 14.9 Å². The molecule has 2 heterocycles. The van der Waals surface area contributed by atoms with Crippen molar-refractivity contribution in [2.45, 2.75) is 32.9 Å². The molecule has 3 aromatic rings. The standard InChI is InChI=1S/C23H27N3O3/c1-17(2)24-15-20(29-23(27)19-9-5-4-6-10-19)16-28-22-21(13-18(3)14-25-22)26-11-7-8-12-26/h4-14,17,20,24H,15-16H2,1-3H3. The molecule has 2 aromatic heterocycles. The molecule has 0 bridgehead atoms. The summed E-state index contributed by atoms with van der Waals surface area (Å²) in [6.07, 6.45) is 5.19. The second-order valence-electron chi connectivity index (χ2n) is 7.19. The number of pyridine rings is 1. The van der Waals surface area contributed by atoms with E-state index >= 15 is 0 Å². The van der Waals surface area contributed by atoms with Gasteiger partial charge in [-0.3, -0.25) is 0 Å². The average molecular weight is 393 g/mol. The van der Waals surface area contributed by atoms with Crippen LogP contribution in [-0.2, 0) is 4.74 Å². The molecule has 0 radical (unpaired) electrons. The molecular formula is C23H27N3O3. The Labute approximate surface area is 171 Å². The van der Waals surface area contributed by atoms with Gasteiger partial charge in [0, 0.05) is 31.2 Å². The van der Waals surface area contributed by atoms with E-state index in [9.17, 15) is 4.79 Å². The molecule has 0 aliphatic heterocycles. The van der Waals surface area contributed by atoms with Gasteiger partial charge >= 0.3 is 5.97 Å². The van der Waals surface area contributed by atoms with Crippen molar-refractivity contribution in [2.24, 2.45) is 0 Å². The van der Waals surface area contributed by atoms with E-state index < -0.39 is 6.10 Å². The van der Waals surface area contributed by atoms with Crippen LogP contribution in [0.1, 0.15) is 29.8 Å². The van der Waals surface area contributed by atoms with Crippen molar-refractivity contribution < 1.29 is 14.3 Å². The Hall–Kier alpha value is -3.12. The summed E-state index contributed by atoms with van der Waals surface area (Å²) < 4.78 is 13.7. The van der Waals surface area contributed by atoms with E-state index in [0.29, 0.717) is 18.0 Å². The van der Waals surface area contributed by atoms with Gasteiger partial charge in [0.2, 0.25) is 5.88 Å². The third-order valence-corrected chi connectivity index (χ3v) is 4.29. The number of hydrogen-bond donors (Lipinski definition) is 1. The lowest BCUT2D eigenvalue weighted by atomic mass is 10.2. The highest BCUT2D eigenvalue weighted by Crippen LogP contribution is 2.22. The van der Waals surface area contributed by atoms with Crippen LogP contribution in [0.5, 0.6) is 5.88 Å². The number of aryl methyl sites for hydroxylation is 1. The molecule has 0 aliphatic rings. The normalized spacial score (nSPS) is 12.0. The van der Waals surface area contributed by atoms with Crippen molar-refractivity contribution in [1.29, 1.82) is 0 Å². The predicted octanol–water partition coefficient (Wildman–Crippen LogP) is 3.78. The third kappa shape index (κ3) is 5.93. The molecule has 1 atom stereocenters. The number of carbonyl (C=O) groups excluding carboxylic acids is 1. The number of carbonyl (C=O) groups is 1. The number of rotatable bonds is 9. The number of nitrogens with one attached hydrogen (secondary N) is 1. The first-order valence-electron chi connectivity index (χ1n) is 9.75. The molecule has 0 saturated carbocycles. The van der Waals surface area contributed by atoms with Gasteiger partial charge in [0.25, 0.3) is 0 Å². The van der Waals surface area contributed by atoms with E-state index in [2.05, 4.69) is 10.3 Å². The van der Waals surface area contributed by atoms with E-state index in [1.807, 2.05) is 74.1 Å². The lowest BCUT2D eigenvalue weighted by molar-refractivity contribution is 0.0167. The van der Waals surface area contributed by atoms with E-state index in [1.165, 1.54) is 0 Å². The molecule has 1 aromatic carbocycles. The van der Waals surface area contributed by atoms with Crippen LogP contribution in [0, 0.1) is 6.92 Å². The average Bonchev–Trinajstić information content (AvgIpc) is 3.26. The van der Waals surface area contributed by atoms with Crippen molar-refractivity contribution in [3.63, 3.8) is 0 Å². The molecule has 0 amide bonds. The van der Waals surface area contributed by atoms with Crippen LogP contribution in [-0.4, -0.2) is 40.8 Å². The molecule has 1 unspecified atom stereocenters. The Morgan fingerprint density at radius 2 is 1.86 bits per heavy atom. The van der Waals surface area contributed by atoms with Gasteiger partial charge in [0.15, 0.2) is 0 Å². The fraction of sp³-hybridized carbons (Fsp3) is 0.304. The molecule has 0 aliphatic carbocycles. The molecule has 0 spiro atoms. The van der Waals surface area contributed by atoms with Gasteiger partial charge in [-0.05, 0) is 42.8 Å². The number of nitrogens with zero attached hydrogens (tertiary/aromatic N) is 2. The number of hydrogen-bond acceptors (Lipinski definition) is 5. The zero-order valence-corrected chi connectivity index (χ0v) is 17.0. The first-order chi connectivity index (χ1) is 14.0. The highest BCUT2D eigenvalue weighted by molar-refractivity contribution is 5.89. The lowest BCUT2D eigenvalue weighted by Gasteiger charge is -2.21. The van der Waals surface area contributed by atoms with Gasteiger partial charge in [0.05, 0.1) is 5.56 Å². The molecule has 3 rings (SSSR count). The molecule has 29 heavy (non-hydrogen) atoms. The zero-order valence-electron chi connectivity index (χ0n) is 17.0. The van der Waals surface area contributed by atoms with Crippen LogP contribution < -0.4 is 10.1 Å². The van der Waals surface area contributed by atoms with Crippen molar-refractivity contribution in [3.05, 3.63) is 78.2 Å². The van der Waals surface area contributed by atoms with Gasteiger partial charge < -0.3 is 19.4 Å². The predicted molar refractivity (Wildman–Crippen MR) is 113 cm³/mol. The SMILES string of the molecule is Cc1cnc(OCC(CNC(C)C)OC(=O)c2ccccc2)c(-n2cccc2)c1. The van der Waals surface area contributed by atoms with Crippen LogP contribution in [0.15, 0.2) is 67.1 Å². The summed E-state index contributed by atoms with van der Waals surface area (Å²) in [5, 5.41) is 3.31. The molecule has 6 nitrogen and oxygen atoms in total. The lowest BCUT2D eigenvalue weighted by Crippen LogP contribution is -2.38. The summed E-state index contributed by atoms with van der Waals surface area (Å²) in [6.45, 7) is 6.76. The van der Waals surface area contributed by atoms with Gasteiger partial charge in [-0.25, -0.2) is 9.78 Å². The highest BCUT2D eigenvalue weighted by atomic mass is 16.6. The van der Waals surface area contributed by atoms with E-state index in [0.717, 1.165) is 11.3 Å². The summed E-state index contributed by atoms with van der Waals surface area (Å²) >= 11 is 0. The van der Waals surface area contributed by atoms with Crippen molar-refractivity contribution >= 4 is 5.97 Å². The Morgan fingerprint density at radius 1 is 1.14 bits per heavy atom. The van der Waals surface area contributed by atoms with E-state index in [-0.39, 0.29) is 18.6 Å². The quantitative estimate of drug-likeness (QED) is 0.561. The molecule has 152 valence electrons. The monoisotopic (exact) mass is 393 g/mol. The maximum Gasteiger partial charge on any atom is 0.338 e. The maximum atomic E-state index is 12.5. The largest absolute Gasteiger partial charge is 0.472 e. The molecule has 1 N–H and O–H groups in total. The van der Waals surface area contributed by atoms with E-state index in [4.69, 9.17) is 9.47 Å². The summed E-state index contributed by atoms with van der Waals surface area (Å²) in [7, 11) is 0. The second-order valence-corrected chi connectivity index (χ2v) is 7.19. The Bertz CT molecular complexity index is 908. The first kappa shape index (κ1) is 20.6. The Morgan fingerprint density at radius 3 is 2.55 bits per heavy atom. The van der Waals surface area contributed by atoms with Gasteiger partial charge in [-0.1, -0.05) is 32.0 Å². The Kier molecular flexibility index (Phi) is 7.03. The van der Waals surface area contributed by atoms with E-state index in [1.54, 1.807) is 18.3 Å². The molecule has 6 heteroatoms. The zero-order chi connectivity index (χ0) is 20.6. The summed E-state index contributed by atoms with van der Waals surface area (Å²) in [5.74, 6) is 0.129. The van der Waals surface area contributed by atoms with Crippen molar-refractivity contribution in [2.75, 3.05) is 13.2 Å². The van der Waals surface area contributed by atoms with Crippen LogP contribution in [0.2, 0.25) is 0 Å². The minimum Gasteiger partial charge on any atom is -0.472 e. The number of esters is 1. The molecular weight excluding hydrogens is 366 g/mol. The summed E-state index contributed by atoms with van der Waals surface area (Å²) in [6, 6.07) is 15.1. The summed E-state index contributed by atoms with van der Waals surface area (Å²) in [4.78, 5) is 16.9. The fourth-order valence-electron chi connectivity index (χ4n) is 2.80. The maximum absolute atomic E-state index is 12.5. The Balaban J connectivity index is 1.72. The molecule has 0 saturated heterocycles. The highest BCUT2D eigenvalue weighted by Gasteiger charge is 2.19. The first-order valence-corrected chi connectivity index (χ1v) is 9.75.